The summed E-state index contributed by atoms with van der Waals surface area (Å²) >= 11 is 0. The fourth-order valence-electron chi connectivity index (χ4n) is 4.43. The summed E-state index contributed by atoms with van der Waals surface area (Å²) < 4.78 is 0. The maximum absolute atomic E-state index is 3.83. The Hall–Kier alpha value is -0.120. The monoisotopic (exact) mass is 293 g/mol. The van der Waals surface area contributed by atoms with E-state index in [-0.39, 0.29) is 0 Å². The van der Waals surface area contributed by atoms with Crippen molar-refractivity contribution in [3.05, 3.63) is 0 Å². The summed E-state index contributed by atoms with van der Waals surface area (Å²) in [7, 11) is 0. The van der Waals surface area contributed by atoms with E-state index < -0.39 is 0 Å². The molecule has 2 heterocycles. The van der Waals surface area contributed by atoms with Gasteiger partial charge in [0.1, 0.15) is 0 Å². The molecule has 21 heavy (non-hydrogen) atoms. The number of nitrogens with one attached hydrogen (secondary N) is 1. The first kappa shape index (κ1) is 15.8. The molecule has 3 nitrogen and oxygen atoms in total. The summed E-state index contributed by atoms with van der Waals surface area (Å²) in [5.74, 6) is 1.55. The smallest absolute Gasteiger partial charge is 0.0247 e. The minimum Gasteiger partial charge on any atom is -0.311 e. The van der Waals surface area contributed by atoms with Crippen molar-refractivity contribution in [1.29, 1.82) is 0 Å². The highest BCUT2D eigenvalue weighted by Crippen LogP contribution is 2.33. The lowest BCUT2D eigenvalue weighted by Crippen LogP contribution is -2.61. The Morgan fingerprint density at radius 2 is 1.76 bits per heavy atom. The summed E-state index contributed by atoms with van der Waals surface area (Å²) in [6.07, 6.45) is 5.63. The van der Waals surface area contributed by atoms with Gasteiger partial charge in [-0.05, 0) is 37.5 Å². The Kier molecular flexibility index (Phi) is 4.92. The number of likely N-dealkylation sites (tertiary alicyclic amines) is 1. The van der Waals surface area contributed by atoms with E-state index in [4.69, 9.17) is 0 Å². The minimum atomic E-state index is 0.704. The zero-order chi connectivity index (χ0) is 15.0. The van der Waals surface area contributed by atoms with Gasteiger partial charge in [0.05, 0.1) is 0 Å². The lowest BCUT2D eigenvalue weighted by Gasteiger charge is -2.46. The number of hydrogen-bond acceptors (Lipinski definition) is 3. The van der Waals surface area contributed by atoms with Crippen LogP contribution in [0.15, 0.2) is 0 Å². The zero-order valence-electron chi connectivity index (χ0n) is 14.5. The van der Waals surface area contributed by atoms with Crippen molar-refractivity contribution >= 4 is 0 Å². The molecule has 0 amide bonds. The van der Waals surface area contributed by atoms with E-state index in [1.165, 1.54) is 51.9 Å². The molecule has 3 unspecified atom stereocenters. The molecule has 3 rings (SSSR count). The number of rotatable bonds is 5. The standard InChI is InChI=1S/C18H35N3/c1-13(2)9-15-11-21(18(10-19-15)14(3)4)17-7-8-20(12-17)16-5-6-16/h13-19H,5-12H2,1-4H3. The maximum atomic E-state index is 3.83. The van der Waals surface area contributed by atoms with Crippen molar-refractivity contribution in [3.63, 3.8) is 0 Å². The van der Waals surface area contributed by atoms with Crippen molar-refractivity contribution in [2.45, 2.75) is 77.5 Å². The van der Waals surface area contributed by atoms with E-state index in [2.05, 4.69) is 42.8 Å². The van der Waals surface area contributed by atoms with Gasteiger partial charge in [0.25, 0.3) is 0 Å². The molecule has 0 aromatic rings. The van der Waals surface area contributed by atoms with Crippen LogP contribution in [-0.4, -0.2) is 60.1 Å². The third-order valence-corrected chi connectivity index (χ3v) is 5.73. The van der Waals surface area contributed by atoms with Gasteiger partial charge >= 0.3 is 0 Å². The highest BCUT2D eigenvalue weighted by molar-refractivity contribution is 4.97. The highest BCUT2D eigenvalue weighted by atomic mass is 15.3. The van der Waals surface area contributed by atoms with Gasteiger partial charge in [-0.2, -0.15) is 0 Å². The van der Waals surface area contributed by atoms with Gasteiger partial charge in [-0.15, -0.1) is 0 Å². The number of piperazine rings is 1. The molecule has 3 fully saturated rings. The second-order valence-corrected chi connectivity index (χ2v) is 8.41. The van der Waals surface area contributed by atoms with Crippen LogP contribution in [0.4, 0.5) is 0 Å². The maximum Gasteiger partial charge on any atom is 0.0247 e. The van der Waals surface area contributed by atoms with Crippen LogP contribution in [0, 0.1) is 11.8 Å². The third-order valence-electron chi connectivity index (χ3n) is 5.73. The molecule has 3 heteroatoms. The molecule has 0 aromatic heterocycles. The molecule has 0 aromatic carbocycles. The fourth-order valence-corrected chi connectivity index (χ4v) is 4.43. The first-order valence-electron chi connectivity index (χ1n) is 9.27. The van der Waals surface area contributed by atoms with Crippen LogP contribution in [0.5, 0.6) is 0 Å². The van der Waals surface area contributed by atoms with E-state index in [9.17, 15) is 0 Å². The normalized spacial score (nSPS) is 36.0. The van der Waals surface area contributed by atoms with Crippen LogP contribution in [0.25, 0.3) is 0 Å². The Morgan fingerprint density at radius 3 is 2.38 bits per heavy atom. The molecule has 0 spiro atoms. The fraction of sp³-hybridized carbons (Fsp3) is 1.00. The first-order chi connectivity index (χ1) is 10.0. The third kappa shape index (κ3) is 3.80. The highest BCUT2D eigenvalue weighted by Gasteiger charge is 2.40. The SMILES string of the molecule is CC(C)CC1CN(C2CCN(C3CC3)C2)C(C(C)C)CN1. The van der Waals surface area contributed by atoms with Crippen molar-refractivity contribution < 1.29 is 0 Å². The average Bonchev–Trinajstić information content (AvgIpc) is 3.15. The van der Waals surface area contributed by atoms with Crippen molar-refractivity contribution in [3.8, 4) is 0 Å². The molecule has 0 radical (unpaired) electrons. The van der Waals surface area contributed by atoms with Gasteiger partial charge in [0.2, 0.25) is 0 Å². The zero-order valence-corrected chi connectivity index (χ0v) is 14.5. The van der Waals surface area contributed by atoms with Crippen LogP contribution >= 0.6 is 0 Å². The van der Waals surface area contributed by atoms with Crippen molar-refractivity contribution in [2.24, 2.45) is 11.8 Å². The van der Waals surface area contributed by atoms with Crippen LogP contribution in [0.3, 0.4) is 0 Å². The molecule has 3 aliphatic rings. The van der Waals surface area contributed by atoms with E-state index in [1.54, 1.807) is 0 Å². The van der Waals surface area contributed by atoms with E-state index in [0.29, 0.717) is 6.04 Å². The summed E-state index contributed by atoms with van der Waals surface area (Å²) in [6, 6.07) is 3.20. The van der Waals surface area contributed by atoms with E-state index >= 15 is 0 Å². The van der Waals surface area contributed by atoms with Crippen molar-refractivity contribution in [2.75, 3.05) is 26.2 Å². The van der Waals surface area contributed by atoms with Gasteiger partial charge in [-0.1, -0.05) is 27.7 Å². The quantitative estimate of drug-likeness (QED) is 0.840. The summed E-state index contributed by atoms with van der Waals surface area (Å²) in [6.45, 7) is 14.6. The van der Waals surface area contributed by atoms with Crippen LogP contribution in [0.2, 0.25) is 0 Å². The summed E-state index contributed by atoms with van der Waals surface area (Å²) in [5.41, 5.74) is 0. The van der Waals surface area contributed by atoms with Gasteiger partial charge in [-0.3, -0.25) is 9.80 Å². The molecule has 1 aliphatic carbocycles. The second kappa shape index (κ2) is 6.55. The lowest BCUT2D eigenvalue weighted by molar-refractivity contribution is 0.0533. The topological polar surface area (TPSA) is 18.5 Å². The van der Waals surface area contributed by atoms with Gasteiger partial charge in [-0.25, -0.2) is 0 Å². The molecule has 122 valence electrons. The Balaban J connectivity index is 1.62. The molecular formula is C18H35N3. The molecular weight excluding hydrogens is 258 g/mol. The molecule has 3 atom stereocenters. The van der Waals surface area contributed by atoms with Crippen LogP contribution in [0.1, 0.15) is 53.4 Å². The van der Waals surface area contributed by atoms with E-state index in [1.807, 2.05) is 0 Å². The Labute approximate surface area is 131 Å². The van der Waals surface area contributed by atoms with Crippen LogP contribution in [-0.2, 0) is 0 Å². The number of nitrogens with zero attached hydrogens (tertiary/aromatic N) is 2. The molecule has 1 N–H and O–H groups in total. The predicted octanol–water partition coefficient (Wildman–Crippen LogP) is 2.57. The van der Waals surface area contributed by atoms with Crippen LogP contribution < -0.4 is 5.32 Å². The van der Waals surface area contributed by atoms with Gasteiger partial charge < -0.3 is 5.32 Å². The summed E-state index contributed by atoms with van der Waals surface area (Å²) in [5, 5.41) is 3.83. The lowest BCUT2D eigenvalue weighted by atomic mass is 9.93. The molecule has 2 saturated heterocycles. The Morgan fingerprint density at radius 1 is 1.00 bits per heavy atom. The Bertz CT molecular complexity index is 337. The first-order valence-corrected chi connectivity index (χ1v) is 9.27. The van der Waals surface area contributed by atoms with E-state index in [0.717, 1.165) is 30.0 Å². The van der Waals surface area contributed by atoms with Crippen molar-refractivity contribution in [1.82, 2.24) is 15.1 Å². The number of hydrogen-bond donors (Lipinski definition) is 1. The largest absolute Gasteiger partial charge is 0.311 e. The minimum absolute atomic E-state index is 0.704. The molecule has 1 saturated carbocycles. The van der Waals surface area contributed by atoms with Gasteiger partial charge in [0, 0.05) is 50.3 Å². The summed E-state index contributed by atoms with van der Waals surface area (Å²) in [4.78, 5) is 5.65. The molecule has 2 aliphatic heterocycles. The van der Waals surface area contributed by atoms with Gasteiger partial charge in [0.15, 0.2) is 0 Å². The predicted molar refractivity (Wildman–Crippen MR) is 89.6 cm³/mol. The molecule has 0 bridgehead atoms. The second-order valence-electron chi connectivity index (χ2n) is 8.41. The average molecular weight is 293 g/mol.